The van der Waals surface area contributed by atoms with E-state index >= 15 is 0 Å². The summed E-state index contributed by atoms with van der Waals surface area (Å²) in [6, 6.07) is 13.9. The molecule has 3 aromatic rings. The second-order valence-corrected chi connectivity index (χ2v) is 6.86. The molecular weight excluding hydrogens is 387 g/mol. The summed E-state index contributed by atoms with van der Waals surface area (Å²) in [6.45, 7) is 1.81. The Labute approximate surface area is 167 Å². The molecule has 0 bridgehead atoms. The molecule has 0 aliphatic rings. The Kier molecular flexibility index (Phi) is 6.04. The number of halogens is 2. The van der Waals surface area contributed by atoms with Crippen molar-refractivity contribution < 1.29 is 14.1 Å². The molecule has 0 spiro atoms. The van der Waals surface area contributed by atoms with E-state index in [2.05, 4.69) is 10.5 Å². The largest absolute Gasteiger partial charge is 0.497 e. The Morgan fingerprint density at radius 3 is 2.48 bits per heavy atom. The fourth-order valence-corrected chi connectivity index (χ4v) is 2.97. The lowest BCUT2D eigenvalue weighted by atomic mass is 9.97. The van der Waals surface area contributed by atoms with Gasteiger partial charge in [-0.2, -0.15) is 0 Å². The molecule has 7 heteroatoms. The lowest BCUT2D eigenvalue weighted by Gasteiger charge is -2.18. The molecule has 27 heavy (non-hydrogen) atoms. The number of nitrogens with one attached hydrogen (secondary N) is 1. The number of hydrogen-bond acceptors (Lipinski definition) is 5. The van der Waals surface area contributed by atoms with Gasteiger partial charge in [0.1, 0.15) is 11.5 Å². The van der Waals surface area contributed by atoms with Crippen molar-refractivity contribution in [1.82, 2.24) is 5.16 Å². The second-order valence-electron chi connectivity index (χ2n) is 6.05. The van der Waals surface area contributed by atoms with E-state index in [1.165, 1.54) is 0 Å². The first kappa shape index (κ1) is 19.3. The van der Waals surface area contributed by atoms with Gasteiger partial charge < -0.3 is 14.6 Å². The van der Waals surface area contributed by atoms with Crippen molar-refractivity contribution in [3.63, 3.8) is 0 Å². The number of hydrogen-bond donors (Lipinski definition) is 1. The van der Waals surface area contributed by atoms with Gasteiger partial charge in [-0.15, -0.1) is 0 Å². The molecule has 140 valence electrons. The van der Waals surface area contributed by atoms with Gasteiger partial charge in [-0.3, -0.25) is 4.79 Å². The molecule has 1 atom stereocenters. The molecule has 0 amide bonds. The van der Waals surface area contributed by atoms with Crippen LogP contribution in [0.25, 0.3) is 0 Å². The van der Waals surface area contributed by atoms with Gasteiger partial charge in [0, 0.05) is 18.1 Å². The maximum absolute atomic E-state index is 12.8. The number of Topliss-reactive ketones (excluding diaryl/α,β-unsaturated/α-hetero) is 1. The molecule has 3 rings (SSSR count). The van der Waals surface area contributed by atoms with Gasteiger partial charge >= 0.3 is 0 Å². The standard InChI is InChI=1S/C20H18Cl2N2O3/c1-12-9-20(24-27-12)23-18(13-3-6-15(26-2)7-4-13)11-19(25)14-5-8-16(21)17(22)10-14/h3-10,18H,11H2,1-2H3,(H,23,24). The highest BCUT2D eigenvalue weighted by Gasteiger charge is 2.19. The van der Waals surface area contributed by atoms with Gasteiger partial charge in [-0.1, -0.05) is 40.5 Å². The smallest absolute Gasteiger partial charge is 0.170 e. The first-order chi connectivity index (χ1) is 13.0. The topological polar surface area (TPSA) is 64.4 Å². The highest BCUT2D eigenvalue weighted by Crippen LogP contribution is 2.28. The predicted molar refractivity (Wildman–Crippen MR) is 106 cm³/mol. The highest BCUT2D eigenvalue weighted by molar-refractivity contribution is 6.42. The molecule has 0 fully saturated rings. The summed E-state index contributed by atoms with van der Waals surface area (Å²) in [6.07, 6.45) is 0.205. The van der Waals surface area contributed by atoms with Gasteiger partial charge in [0.05, 0.1) is 23.2 Å². The summed E-state index contributed by atoms with van der Waals surface area (Å²) >= 11 is 12.0. The van der Waals surface area contributed by atoms with E-state index in [-0.39, 0.29) is 18.2 Å². The number of ether oxygens (including phenoxy) is 1. The number of nitrogens with zero attached hydrogens (tertiary/aromatic N) is 1. The maximum Gasteiger partial charge on any atom is 0.170 e. The molecular formula is C20H18Cl2N2O3. The molecule has 1 aromatic heterocycles. The Morgan fingerprint density at radius 1 is 1.15 bits per heavy atom. The van der Waals surface area contributed by atoms with E-state index in [9.17, 15) is 4.79 Å². The number of benzene rings is 2. The van der Waals surface area contributed by atoms with Gasteiger partial charge in [0.15, 0.2) is 11.6 Å². The zero-order valence-electron chi connectivity index (χ0n) is 14.8. The van der Waals surface area contributed by atoms with Crippen LogP contribution in [0.15, 0.2) is 53.1 Å². The van der Waals surface area contributed by atoms with Crippen molar-refractivity contribution in [2.45, 2.75) is 19.4 Å². The first-order valence-electron chi connectivity index (χ1n) is 8.28. The summed E-state index contributed by atoms with van der Waals surface area (Å²) in [5.41, 5.74) is 1.42. The Hall–Kier alpha value is -2.50. The molecule has 2 aromatic carbocycles. The molecule has 1 heterocycles. The monoisotopic (exact) mass is 404 g/mol. The van der Waals surface area contributed by atoms with E-state index in [0.29, 0.717) is 27.2 Å². The van der Waals surface area contributed by atoms with Crippen LogP contribution >= 0.6 is 23.2 Å². The lowest BCUT2D eigenvalue weighted by Crippen LogP contribution is -2.16. The number of rotatable bonds is 7. The average molecular weight is 405 g/mol. The molecule has 0 saturated heterocycles. The number of anilines is 1. The van der Waals surface area contributed by atoms with Crippen molar-refractivity contribution in [3.05, 3.63) is 75.5 Å². The third kappa shape index (κ3) is 4.81. The minimum Gasteiger partial charge on any atom is -0.497 e. The minimum absolute atomic E-state index is 0.0675. The van der Waals surface area contributed by atoms with Crippen molar-refractivity contribution in [2.75, 3.05) is 12.4 Å². The summed E-state index contributed by atoms with van der Waals surface area (Å²) in [4.78, 5) is 12.8. The van der Waals surface area contributed by atoms with Crippen molar-refractivity contribution in [3.8, 4) is 5.75 Å². The molecule has 0 aliphatic heterocycles. The minimum atomic E-state index is -0.303. The van der Waals surface area contributed by atoms with E-state index in [1.807, 2.05) is 24.3 Å². The number of aryl methyl sites for hydroxylation is 1. The van der Waals surface area contributed by atoms with Crippen LogP contribution in [-0.4, -0.2) is 18.0 Å². The number of methoxy groups -OCH3 is 1. The number of ketones is 1. The third-order valence-corrected chi connectivity index (χ3v) is 4.84. The second kappa shape index (κ2) is 8.46. The van der Waals surface area contributed by atoms with Crippen LogP contribution < -0.4 is 10.1 Å². The molecule has 1 N–H and O–H groups in total. The number of carbonyl (C=O) groups is 1. The lowest BCUT2D eigenvalue weighted by molar-refractivity contribution is 0.0976. The molecule has 0 radical (unpaired) electrons. The van der Waals surface area contributed by atoms with Crippen LogP contribution in [0.5, 0.6) is 5.75 Å². The van der Waals surface area contributed by atoms with Crippen molar-refractivity contribution >= 4 is 34.8 Å². The van der Waals surface area contributed by atoms with Crippen molar-refractivity contribution in [2.24, 2.45) is 0 Å². The van der Waals surface area contributed by atoms with E-state index in [0.717, 1.165) is 11.3 Å². The Bertz CT molecular complexity index is 939. The zero-order valence-corrected chi connectivity index (χ0v) is 16.3. The molecule has 5 nitrogen and oxygen atoms in total. The van der Waals surface area contributed by atoms with E-state index < -0.39 is 0 Å². The highest BCUT2D eigenvalue weighted by atomic mass is 35.5. The molecule has 1 unspecified atom stereocenters. The van der Waals surface area contributed by atoms with Gasteiger partial charge in [0.2, 0.25) is 0 Å². The van der Waals surface area contributed by atoms with E-state index in [1.54, 1.807) is 38.3 Å². The first-order valence-corrected chi connectivity index (χ1v) is 9.04. The predicted octanol–water partition coefficient (Wildman–Crippen LogP) is 5.72. The fraction of sp³-hybridized carbons (Fsp3) is 0.200. The average Bonchev–Trinajstić information content (AvgIpc) is 3.08. The summed E-state index contributed by atoms with van der Waals surface area (Å²) < 4.78 is 10.3. The Morgan fingerprint density at radius 2 is 1.89 bits per heavy atom. The van der Waals surface area contributed by atoms with Crippen LogP contribution in [0.2, 0.25) is 10.0 Å². The normalized spacial score (nSPS) is 11.9. The van der Waals surface area contributed by atoms with Gasteiger partial charge in [-0.05, 0) is 42.8 Å². The third-order valence-electron chi connectivity index (χ3n) is 4.10. The van der Waals surface area contributed by atoms with Crippen molar-refractivity contribution in [1.29, 1.82) is 0 Å². The summed E-state index contributed by atoms with van der Waals surface area (Å²) in [7, 11) is 1.61. The van der Waals surface area contributed by atoms with Crippen LogP contribution in [0.4, 0.5) is 5.82 Å². The van der Waals surface area contributed by atoms with E-state index in [4.69, 9.17) is 32.5 Å². The van der Waals surface area contributed by atoms with Crippen LogP contribution in [0.1, 0.15) is 34.1 Å². The maximum atomic E-state index is 12.8. The molecule has 0 saturated carbocycles. The fourth-order valence-electron chi connectivity index (χ4n) is 2.67. The van der Waals surface area contributed by atoms with Gasteiger partial charge in [-0.25, -0.2) is 0 Å². The van der Waals surface area contributed by atoms with Crippen LogP contribution in [0.3, 0.4) is 0 Å². The SMILES string of the molecule is COc1ccc(C(CC(=O)c2ccc(Cl)c(Cl)c2)Nc2cc(C)on2)cc1. The number of carbonyl (C=O) groups excluding carboxylic acids is 1. The quantitative estimate of drug-likeness (QED) is 0.509. The van der Waals surface area contributed by atoms with Crippen LogP contribution in [-0.2, 0) is 0 Å². The van der Waals surface area contributed by atoms with Crippen LogP contribution in [0, 0.1) is 6.92 Å². The number of aromatic nitrogens is 1. The zero-order chi connectivity index (χ0) is 19.4. The van der Waals surface area contributed by atoms with Gasteiger partial charge in [0.25, 0.3) is 0 Å². The summed E-state index contributed by atoms with van der Waals surface area (Å²) in [5, 5.41) is 7.98. The Balaban J connectivity index is 1.85. The molecule has 0 aliphatic carbocycles. The summed E-state index contributed by atoms with van der Waals surface area (Å²) in [5.74, 6) is 1.92.